The van der Waals surface area contributed by atoms with E-state index < -0.39 is 0 Å². The number of carbonyl (C=O) groups is 1. The summed E-state index contributed by atoms with van der Waals surface area (Å²) in [6.45, 7) is 2.98. The zero-order chi connectivity index (χ0) is 16.1. The van der Waals surface area contributed by atoms with Crippen LogP contribution >= 0.6 is 0 Å². The van der Waals surface area contributed by atoms with Gasteiger partial charge in [-0.1, -0.05) is 0 Å². The van der Waals surface area contributed by atoms with E-state index in [1.165, 1.54) is 0 Å². The number of nitrogens with one attached hydrogen (secondary N) is 1. The van der Waals surface area contributed by atoms with Crippen LogP contribution in [0.25, 0.3) is 0 Å². The third-order valence-corrected chi connectivity index (χ3v) is 4.22. The quantitative estimate of drug-likeness (QED) is 0.834. The molecule has 8 nitrogen and oxygen atoms in total. The lowest BCUT2D eigenvalue weighted by atomic mass is 9.97. The van der Waals surface area contributed by atoms with E-state index >= 15 is 0 Å². The van der Waals surface area contributed by atoms with Crippen molar-refractivity contribution in [1.82, 2.24) is 34.8 Å². The average molecular weight is 317 g/mol. The molecule has 1 atom stereocenters. The van der Waals surface area contributed by atoms with Gasteiger partial charge in [0, 0.05) is 51.5 Å². The largest absolute Gasteiger partial charge is 0.338 e. The van der Waals surface area contributed by atoms with Gasteiger partial charge in [0.1, 0.15) is 12.2 Å². The predicted molar refractivity (Wildman–Crippen MR) is 84.8 cm³/mol. The monoisotopic (exact) mass is 317 g/mol. The lowest BCUT2D eigenvalue weighted by Gasteiger charge is -2.32. The molecule has 3 heterocycles. The van der Waals surface area contributed by atoms with Crippen molar-refractivity contribution in [2.24, 2.45) is 7.05 Å². The Hall–Kier alpha value is -2.38. The van der Waals surface area contributed by atoms with Crippen LogP contribution in [0.15, 0.2) is 24.8 Å². The fourth-order valence-electron chi connectivity index (χ4n) is 3.02. The van der Waals surface area contributed by atoms with E-state index in [9.17, 15) is 4.79 Å². The Morgan fingerprint density at radius 2 is 2.39 bits per heavy atom. The molecule has 124 valence electrons. The molecule has 0 unspecified atom stereocenters. The second kappa shape index (κ2) is 7.26. The second-order valence-electron chi connectivity index (χ2n) is 5.94. The Labute approximate surface area is 135 Å². The zero-order valence-electron chi connectivity index (χ0n) is 13.4. The fourth-order valence-corrected chi connectivity index (χ4v) is 3.02. The lowest BCUT2D eigenvalue weighted by Crippen LogP contribution is -2.45. The minimum atomic E-state index is 0.0114. The molecule has 0 bridgehead atoms. The summed E-state index contributed by atoms with van der Waals surface area (Å²) >= 11 is 0. The van der Waals surface area contributed by atoms with Crippen molar-refractivity contribution < 1.29 is 4.79 Å². The molecular weight excluding hydrogens is 294 g/mol. The number of aryl methyl sites for hydroxylation is 2. The first-order chi connectivity index (χ1) is 11.2. The first-order valence-electron chi connectivity index (χ1n) is 8.08. The molecule has 0 spiro atoms. The summed E-state index contributed by atoms with van der Waals surface area (Å²) < 4.78 is 3.81. The van der Waals surface area contributed by atoms with Gasteiger partial charge in [0.25, 0.3) is 0 Å². The van der Waals surface area contributed by atoms with Crippen LogP contribution in [0.4, 0.5) is 4.79 Å². The van der Waals surface area contributed by atoms with Crippen molar-refractivity contribution in [2.75, 3.05) is 19.6 Å². The third-order valence-electron chi connectivity index (χ3n) is 4.22. The van der Waals surface area contributed by atoms with E-state index in [0.717, 1.165) is 38.2 Å². The number of carbonyl (C=O) groups excluding carboxylic acids is 1. The molecule has 0 saturated carbocycles. The summed E-state index contributed by atoms with van der Waals surface area (Å²) in [7, 11) is 1.95. The topological polar surface area (TPSA) is 80.9 Å². The molecule has 2 amide bonds. The fraction of sp³-hybridized carbons (Fsp3) is 0.600. The van der Waals surface area contributed by atoms with Crippen LogP contribution in [0.5, 0.6) is 0 Å². The van der Waals surface area contributed by atoms with Gasteiger partial charge < -0.3 is 14.8 Å². The molecule has 1 fully saturated rings. The summed E-state index contributed by atoms with van der Waals surface area (Å²) in [6.07, 6.45) is 8.32. The lowest BCUT2D eigenvalue weighted by molar-refractivity contribution is 0.177. The zero-order valence-corrected chi connectivity index (χ0v) is 13.4. The van der Waals surface area contributed by atoms with Crippen molar-refractivity contribution >= 4 is 6.03 Å². The maximum absolute atomic E-state index is 12.3. The minimum Gasteiger partial charge on any atom is -0.338 e. The molecular formula is C15H23N7O. The molecule has 23 heavy (non-hydrogen) atoms. The van der Waals surface area contributed by atoms with Crippen LogP contribution in [0, 0.1) is 0 Å². The third kappa shape index (κ3) is 3.88. The molecule has 0 aromatic carbocycles. The molecule has 1 N–H and O–H groups in total. The minimum absolute atomic E-state index is 0.0114. The van der Waals surface area contributed by atoms with Gasteiger partial charge >= 0.3 is 6.03 Å². The Bertz CT molecular complexity index is 622. The van der Waals surface area contributed by atoms with E-state index in [4.69, 9.17) is 0 Å². The maximum Gasteiger partial charge on any atom is 0.317 e. The molecule has 8 heteroatoms. The number of nitrogens with zero attached hydrogens (tertiary/aromatic N) is 6. The van der Waals surface area contributed by atoms with E-state index in [1.807, 2.05) is 33.5 Å². The highest BCUT2D eigenvalue weighted by Gasteiger charge is 2.27. The van der Waals surface area contributed by atoms with Gasteiger partial charge in [-0.25, -0.2) is 4.79 Å². The molecule has 3 rings (SSSR count). The van der Waals surface area contributed by atoms with Crippen molar-refractivity contribution in [2.45, 2.75) is 31.7 Å². The molecule has 0 aliphatic carbocycles. The highest BCUT2D eigenvalue weighted by atomic mass is 16.2. The summed E-state index contributed by atoms with van der Waals surface area (Å²) in [6, 6.07) is 1.91. The van der Waals surface area contributed by atoms with Crippen LogP contribution in [0.2, 0.25) is 0 Å². The van der Waals surface area contributed by atoms with Gasteiger partial charge in [-0.05, 0) is 25.3 Å². The van der Waals surface area contributed by atoms with E-state index in [0.29, 0.717) is 13.1 Å². The van der Waals surface area contributed by atoms with Crippen LogP contribution in [0.3, 0.4) is 0 Å². The van der Waals surface area contributed by atoms with Gasteiger partial charge in [0.15, 0.2) is 0 Å². The molecule has 2 aromatic rings. The predicted octanol–water partition coefficient (Wildman–Crippen LogP) is 0.991. The van der Waals surface area contributed by atoms with Crippen LogP contribution < -0.4 is 5.32 Å². The number of piperidine rings is 1. The molecule has 1 aliphatic heterocycles. The first kappa shape index (κ1) is 15.5. The van der Waals surface area contributed by atoms with Gasteiger partial charge in [-0.3, -0.25) is 4.68 Å². The van der Waals surface area contributed by atoms with E-state index in [-0.39, 0.29) is 11.9 Å². The normalized spacial score (nSPS) is 18.1. The summed E-state index contributed by atoms with van der Waals surface area (Å²) in [5.41, 5.74) is 0. The standard InChI is InChI=1S/C15H23N7O/c1-20-12-17-19-14(20)13-5-2-8-21(11-13)15(23)16-6-3-9-22-10-4-7-18-22/h4,7,10,12-13H,2-3,5-6,8-9,11H2,1H3,(H,16,23)/t13-/m0/s1. The number of likely N-dealkylation sites (tertiary alicyclic amines) is 1. The van der Waals surface area contributed by atoms with Gasteiger partial charge in [-0.15, -0.1) is 10.2 Å². The molecule has 1 aliphatic rings. The first-order valence-corrected chi connectivity index (χ1v) is 8.08. The van der Waals surface area contributed by atoms with Crippen molar-refractivity contribution in [3.05, 3.63) is 30.6 Å². The highest BCUT2D eigenvalue weighted by Crippen LogP contribution is 2.24. The Balaban J connectivity index is 1.44. The maximum atomic E-state index is 12.3. The number of rotatable bonds is 5. The number of hydrogen-bond donors (Lipinski definition) is 1. The molecule has 1 saturated heterocycles. The highest BCUT2D eigenvalue weighted by molar-refractivity contribution is 5.74. The Morgan fingerprint density at radius 3 is 3.13 bits per heavy atom. The summed E-state index contributed by atoms with van der Waals surface area (Å²) in [4.78, 5) is 14.2. The van der Waals surface area contributed by atoms with Crippen LogP contribution in [0.1, 0.15) is 31.0 Å². The Morgan fingerprint density at radius 1 is 1.48 bits per heavy atom. The summed E-state index contributed by atoms with van der Waals surface area (Å²) in [5.74, 6) is 1.23. The number of aromatic nitrogens is 5. The van der Waals surface area contributed by atoms with Gasteiger partial charge in [0.2, 0.25) is 0 Å². The van der Waals surface area contributed by atoms with Crippen molar-refractivity contribution in [3.8, 4) is 0 Å². The van der Waals surface area contributed by atoms with Gasteiger partial charge in [-0.2, -0.15) is 5.10 Å². The van der Waals surface area contributed by atoms with Crippen LogP contribution in [-0.4, -0.2) is 55.1 Å². The number of hydrogen-bond acceptors (Lipinski definition) is 4. The SMILES string of the molecule is Cn1cnnc1[C@H]1CCCN(C(=O)NCCCn2cccn2)C1. The second-order valence-corrected chi connectivity index (χ2v) is 5.94. The van der Waals surface area contributed by atoms with Crippen LogP contribution in [-0.2, 0) is 13.6 Å². The van der Waals surface area contributed by atoms with E-state index in [1.54, 1.807) is 12.5 Å². The van der Waals surface area contributed by atoms with Gasteiger partial charge in [0.05, 0.1) is 0 Å². The van der Waals surface area contributed by atoms with E-state index in [2.05, 4.69) is 20.6 Å². The number of amides is 2. The smallest absolute Gasteiger partial charge is 0.317 e. The number of urea groups is 1. The summed E-state index contributed by atoms with van der Waals surface area (Å²) in [5, 5.41) is 15.3. The Kier molecular flexibility index (Phi) is 4.89. The molecule has 2 aromatic heterocycles. The molecule has 0 radical (unpaired) electrons. The van der Waals surface area contributed by atoms with Crippen molar-refractivity contribution in [1.29, 1.82) is 0 Å². The average Bonchev–Trinajstić information content (AvgIpc) is 3.23. The van der Waals surface area contributed by atoms with Crippen molar-refractivity contribution in [3.63, 3.8) is 0 Å².